The Morgan fingerprint density at radius 3 is 2.57 bits per heavy atom. The number of carbonyl (C=O) groups is 1. The molecule has 1 N–H and O–H groups in total. The van der Waals surface area contributed by atoms with E-state index in [1.807, 2.05) is 30.3 Å². The van der Waals surface area contributed by atoms with E-state index in [9.17, 15) is 9.90 Å². The fourth-order valence-electron chi connectivity index (χ4n) is 2.00. The summed E-state index contributed by atoms with van der Waals surface area (Å²) in [5, 5.41) is 9.83. The molecule has 1 heterocycles. The SMILES string of the molecule is CCOC(=O)/C(=C(/C)O)c1oc(C)nc1-c1ccccc1. The Kier molecular flexibility index (Phi) is 4.42. The molecule has 110 valence electrons. The van der Waals surface area contributed by atoms with Crippen molar-refractivity contribution >= 4 is 11.5 Å². The average molecular weight is 287 g/mol. The molecule has 21 heavy (non-hydrogen) atoms. The monoisotopic (exact) mass is 287 g/mol. The van der Waals surface area contributed by atoms with Gasteiger partial charge in [0.25, 0.3) is 0 Å². The molecule has 2 rings (SSSR count). The van der Waals surface area contributed by atoms with Gasteiger partial charge in [-0.3, -0.25) is 0 Å². The molecule has 0 aliphatic carbocycles. The van der Waals surface area contributed by atoms with Crippen LogP contribution in [0.25, 0.3) is 16.8 Å². The van der Waals surface area contributed by atoms with Crippen LogP contribution in [0.2, 0.25) is 0 Å². The van der Waals surface area contributed by atoms with Crippen molar-refractivity contribution < 1.29 is 19.1 Å². The molecular weight excluding hydrogens is 270 g/mol. The molecule has 0 aliphatic heterocycles. The van der Waals surface area contributed by atoms with Gasteiger partial charge in [0.1, 0.15) is 17.0 Å². The van der Waals surface area contributed by atoms with E-state index in [2.05, 4.69) is 4.98 Å². The topological polar surface area (TPSA) is 72.6 Å². The molecule has 2 aromatic rings. The van der Waals surface area contributed by atoms with Crippen LogP contribution in [0.5, 0.6) is 0 Å². The van der Waals surface area contributed by atoms with E-state index >= 15 is 0 Å². The number of carbonyl (C=O) groups excluding carboxylic acids is 1. The largest absolute Gasteiger partial charge is 0.512 e. The second kappa shape index (κ2) is 6.26. The predicted molar refractivity (Wildman–Crippen MR) is 78.5 cm³/mol. The summed E-state index contributed by atoms with van der Waals surface area (Å²) >= 11 is 0. The molecule has 0 saturated heterocycles. The lowest BCUT2D eigenvalue weighted by Crippen LogP contribution is -2.09. The van der Waals surface area contributed by atoms with Crippen molar-refractivity contribution in [2.24, 2.45) is 0 Å². The van der Waals surface area contributed by atoms with Gasteiger partial charge in [-0.1, -0.05) is 30.3 Å². The minimum absolute atomic E-state index is 0.00342. The molecule has 0 saturated carbocycles. The number of nitrogens with zero attached hydrogens (tertiary/aromatic N) is 1. The first-order valence-electron chi connectivity index (χ1n) is 6.64. The summed E-state index contributed by atoms with van der Waals surface area (Å²) in [4.78, 5) is 16.4. The molecule has 5 nitrogen and oxygen atoms in total. The van der Waals surface area contributed by atoms with Crippen molar-refractivity contribution in [1.29, 1.82) is 0 Å². The van der Waals surface area contributed by atoms with Gasteiger partial charge in [0.15, 0.2) is 11.7 Å². The fourth-order valence-corrected chi connectivity index (χ4v) is 2.00. The molecule has 0 fully saturated rings. The minimum Gasteiger partial charge on any atom is -0.512 e. The van der Waals surface area contributed by atoms with E-state index in [0.29, 0.717) is 11.6 Å². The summed E-state index contributed by atoms with van der Waals surface area (Å²) in [6.07, 6.45) is 0. The highest BCUT2D eigenvalue weighted by Gasteiger charge is 2.26. The molecule has 0 aliphatic rings. The third-order valence-corrected chi connectivity index (χ3v) is 2.85. The Labute approximate surface area is 122 Å². The highest BCUT2D eigenvalue weighted by Crippen LogP contribution is 2.31. The summed E-state index contributed by atoms with van der Waals surface area (Å²) in [6.45, 7) is 5.01. The number of aliphatic hydroxyl groups excluding tert-OH is 1. The first-order valence-corrected chi connectivity index (χ1v) is 6.64. The molecule has 1 aromatic carbocycles. The average Bonchev–Trinajstić information content (AvgIpc) is 2.81. The molecule has 0 unspecified atom stereocenters. The van der Waals surface area contributed by atoms with Gasteiger partial charge in [-0.15, -0.1) is 0 Å². The van der Waals surface area contributed by atoms with Gasteiger partial charge in [0, 0.05) is 12.5 Å². The second-order valence-electron chi connectivity index (χ2n) is 4.46. The normalized spacial score (nSPS) is 12.0. The number of aryl methyl sites for hydroxylation is 1. The van der Waals surface area contributed by atoms with Crippen molar-refractivity contribution in [2.75, 3.05) is 6.61 Å². The Balaban J connectivity index is 2.58. The minimum atomic E-state index is -0.633. The van der Waals surface area contributed by atoms with Gasteiger partial charge in [0.05, 0.1) is 6.61 Å². The first-order chi connectivity index (χ1) is 10.0. The third kappa shape index (κ3) is 3.13. The summed E-state index contributed by atoms with van der Waals surface area (Å²) in [7, 11) is 0. The molecule has 0 bridgehead atoms. The van der Waals surface area contributed by atoms with Crippen molar-refractivity contribution in [1.82, 2.24) is 4.98 Å². The Morgan fingerprint density at radius 2 is 2.00 bits per heavy atom. The van der Waals surface area contributed by atoms with Crippen LogP contribution in [0.15, 0.2) is 40.5 Å². The van der Waals surface area contributed by atoms with Gasteiger partial charge in [-0.2, -0.15) is 0 Å². The summed E-state index contributed by atoms with van der Waals surface area (Å²) in [6, 6.07) is 9.33. The van der Waals surface area contributed by atoms with E-state index in [0.717, 1.165) is 5.56 Å². The van der Waals surface area contributed by atoms with E-state index in [1.165, 1.54) is 6.92 Å². The van der Waals surface area contributed by atoms with Crippen LogP contribution in [0.1, 0.15) is 25.5 Å². The number of oxazole rings is 1. The number of allylic oxidation sites excluding steroid dienone is 1. The van der Waals surface area contributed by atoms with Crippen molar-refractivity contribution in [3.05, 3.63) is 47.7 Å². The molecule has 5 heteroatoms. The second-order valence-corrected chi connectivity index (χ2v) is 4.46. The van der Waals surface area contributed by atoms with Gasteiger partial charge < -0.3 is 14.3 Å². The third-order valence-electron chi connectivity index (χ3n) is 2.85. The number of hydrogen-bond acceptors (Lipinski definition) is 5. The molecule has 0 atom stereocenters. The number of ether oxygens (including phenoxy) is 1. The van der Waals surface area contributed by atoms with Crippen LogP contribution in [-0.4, -0.2) is 22.7 Å². The maximum atomic E-state index is 12.1. The zero-order chi connectivity index (χ0) is 15.4. The maximum Gasteiger partial charge on any atom is 0.345 e. The number of aromatic nitrogens is 1. The number of benzene rings is 1. The lowest BCUT2D eigenvalue weighted by molar-refractivity contribution is -0.136. The van der Waals surface area contributed by atoms with Crippen LogP contribution in [-0.2, 0) is 9.53 Å². The fraction of sp³-hybridized carbons (Fsp3) is 0.250. The van der Waals surface area contributed by atoms with Gasteiger partial charge in [-0.05, 0) is 13.8 Å². The van der Waals surface area contributed by atoms with Gasteiger partial charge >= 0.3 is 5.97 Å². The molecular formula is C16H17NO4. The summed E-state index contributed by atoms with van der Waals surface area (Å²) in [5.74, 6) is -0.170. The van der Waals surface area contributed by atoms with Gasteiger partial charge in [-0.25, -0.2) is 9.78 Å². The number of hydrogen-bond donors (Lipinski definition) is 1. The van der Waals surface area contributed by atoms with Crippen LogP contribution >= 0.6 is 0 Å². The van der Waals surface area contributed by atoms with E-state index in [4.69, 9.17) is 9.15 Å². The number of rotatable bonds is 4. The van der Waals surface area contributed by atoms with Crippen molar-refractivity contribution in [3.8, 4) is 11.3 Å². The molecule has 0 radical (unpaired) electrons. The highest BCUT2D eigenvalue weighted by atomic mass is 16.5. The first kappa shape index (κ1) is 14.8. The number of esters is 1. The lowest BCUT2D eigenvalue weighted by atomic mass is 10.1. The Morgan fingerprint density at radius 1 is 1.33 bits per heavy atom. The van der Waals surface area contributed by atoms with E-state index < -0.39 is 5.97 Å². The van der Waals surface area contributed by atoms with E-state index in [-0.39, 0.29) is 23.7 Å². The van der Waals surface area contributed by atoms with Crippen molar-refractivity contribution in [2.45, 2.75) is 20.8 Å². The van der Waals surface area contributed by atoms with Crippen LogP contribution < -0.4 is 0 Å². The molecule has 1 aromatic heterocycles. The zero-order valence-corrected chi connectivity index (χ0v) is 12.2. The predicted octanol–water partition coefficient (Wildman–Crippen LogP) is 3.50. The lowest BCUT2D eigenvalue weighted by Gasteiger charge is -2.07. The number of aliphatic hydroxyl groups is 1. The van der Waals surface area contributed by atoms with Crippen LogP contribution in [0.3, 0.4) is 0 Å². The quantitative estimate of drug-likeness (QED) is 0.529. The maximum absolute atomic E-state index is 12.1. The Hall–Kier alpha value is -2.56. The molecule has 0 spiro atoms. The van der Waals surface area contributed by atoms with Crippen LogP contribution in [0, 0.1) is 6.92 Å². The zero-order valence-electron chi connectivity index (χ0n) is 12.2. The molecule has 0 amide bonds. The van der Waals surface area contributed by atoms with E-state index in [1.54, 1.807) is 13.8 Å². The Bertz CT molecular complexity index is 667. The highest BCUT2D eigenvalue weighted by molar-refractivity contribution is 6.17. The smallest absolute Gasteiger partial charge is 0.345 e. The standard InChI is InChI=1S/C16H17NO4/c1-4-20-16(19)13(10(2)18)15-14(17-11(3)21-15)12-8-6-5-7-9-12/h5-9,18H,4H2,1-3H3/b13-10-. The van der Waals surface area contributed by atoms with Gasteiger partial charge in [0.2, 0.25) is 0 Å². The van der Waals surface area contributed by atoms with Crippen molar-refractivity contribution in [3.63, 3.8) is 0 Å². The summed E-state index contributed by atoms with van der Waals surface area (Å²) in [5.41, 5.74) is 1.30. The summed E-state index contributed by atoms with van der Waals surface area (Å²) < 4.78 is 10.5. The van der Waals surface area contributed by atoms with Crippen LogP contribution in [0.4, 0.5) is 0 Å².